The van der Waals surface area contributed by atoms with Crippen molar-refractivity contribution in [1.29, 1.82) is 0 Å². The molecule has 2 saturated heterocycles. The zero-order valence-corrected chi connectivity index (χ0v) is 21.0. The lowest BCUT2D eigenvalue weighted by Gasteiger charge is -2.36. The molecule has 1 atom stereocenters. The number of amides is 2. The minimum atomic E-state index is -0.273. The molecule has 0 N–H and O–H groups in total. The van der Waals surface area contributed by atoms with E-state index in [-0.39, 0.29) is 17.7 Å². The van der Waals surface area contributed by atoms with Gasteiger partial charge in [0, 0.05) is 50.2 Å². The summed E-state index contributed by atoms with van der Waals surface area (Å²) in [6, 6.07) is 16.6. The van der Waals surface area contributed by atoms with Gasteiger partial charge in [0.25, 0.3) is 0 Å². The highest BCUT2D eigenvalue weighted by molar-refractivity contribution is 6.01. The highest BCUT2D eigenvalue weighted by Gasteiger charge is 2.39. The Morgan fingerprint density at radius 3 is 2.34 bits per heavy atom. The topological polar surface area (TPSA) is 56.8 Å². The Hall–Kier alpha value is -3.41. The second kappa shape index (κ2) is 9.68. The van der Waals surface area contributed by atoms with E-state index >= 15 is 0 Å². The Balaban J connectivity index is 1.26. The average molecular weight is 471 g/mol. The maximum atomic E-state index is 13.4. The predicted molar refractivity (Wildman–Crippen MR) is 141 cm³/mol. The summed E-state index contributed by atoms with van der Waals surface area (Å²) >= 11 is 0. The van der Waals surface area contributed by atoms with Crippen molar-refractivity contribution in [2.75, 3.05) is 42.5 Å². The van der Waals surface area contributed by atoms with Crippen LogP contribution in [0.2, 0.25) is 0 Å². The molecule has 0 aliphatic carbocycles. The molecular weight excluding hydrogens is 436 g/mol. The van der Waals surface area contributed by atoms with E-state index in [0.717, 1.165) is 43.0 Å². The summed E-state index contributed by atoms with van der Waals surface area (Å²) in [6.45, 7) is 9.65. The van der Waals surface area contributed by atoms with Gasteiger partial charge in [0.15, 0.2) is 0 Å². The molecule has 6 heteroatoms. The van der Waals surface area contributed by atoms with Gasteiger partial charge in [-0.2, -0.15) is 0 Å². The lowest BCUT2D eigenvalue weighted by molar-refractivity contribution is -0.136. The van der Waals surface area contributed by atoms with Gasteiger partial charge in [0.2, 0.25) is 11.8 Å². The second-order valence-corrected chi connectivity index (χ2v) is 9.66. The first-order chi connectivity index (χ1) is 17.0. The number of fused-ring (bicyclic) bond motifs is 1. The summed E-state index contributed by atoms with van der Waals surface area (Å²) in [6.07, 6.45) is 2.04. The van der Waals surface area contributed by atoms with Gasteiger partial charge in [-0.05, 0) is 48.6 Å². The molecule has 0 radical (unpaired) electrons. The van der Waals surface area contributed by atoms with E-state index in [0.29, 0.717) is 26.1 Å². The van der Waals surface area contributed by atoms with Crippen LogP contribution in [0.25, 0.3) is 10.9 Å². The molecule has 1 aromatic heterocycles. The highest BCUT2D eigenvalue weighted by atomic mass is 16.2. The third-order valence-corrected chi connectivity index (χ3v) is 7.53. The minimum absolute atomic E-state index is 0.0634. The first kappa shape index (κ1) is 23.3. The van der Waals surface area contributed by atoms with Crippen LogP contribution in [0.4, 0.5) is 11.5 Å². The largest absolute Gasteiger partial charge is 0.353 e. The second-order valence-electron chi connectivity index (χ2n) is 9.66. The van der Waals surface area contributed by atoms with Gasteiger partial charge in [-0.25, -0.2) is 4.98 Å². The molecule has 2 aromatic carbocycles. The van der Waals surface area contributed by atoms with Crippen LogP contribution in [0, 0.1) is 12.8 Å². The fraction of sp³-hybridized carbons (Fsp3) is 0.414. The van der Waals surface area contributed by atoms with E-state index in [1.165, 1.54) is 22.1 Å². The van der Waals surface area contributed by atoms with E-state index < -0.39 is 0 Å². The molecule has 3 aromatic rings. The maximum Gasteiger partial charge on any atom is 0.228 e. The van der Waals surface area contributed by atoms with E-state index in [1.807, 2.05) is 21.9 Å². The smallest absolute Gasteiger partial charge is 0.228 e. The number of carbonyl (C=O) groups excluding carboxylic acids is 2. The molecule has 2 aliphatic heterocycles. The normalized spacial score (nSPS) is 18.5. The monoisotopic (exact) mass is 470 g/mol. The predicted octanol–water partition coefficient (Wildman–Crippen LogP) is 4.37. The molecule has 0 spiro atoms. The van der Waals surface area contributed by atoms with Crippen molar-refractivity contribution in [1.82, 2.24) is 9.88 Å². The van der Waals surface area contributed by atoms with E-state index in [2.05, 4.69) is 62.1 Å². The fourth-order valence-corrected chi connectivity index (χ4v) is 5.56. The Kier molecular flexibility index (Phi) is 6.46. The number of benzene rings is 2. The van der Waals surface area contributed by atoms with Crippen molar-refractivity contribution < 1.29 is 9.59 Å². The van der Waals surface area contributed by atoms with Crippen molar-refractivity contribution in [3.8, 4) is 0 Å². The number of aryl methyl sites for hydroxylation is 3. The summed E-state index contributed by atoms with van der Waals surface area (Å²) < 4.78 is 0. The molecule has 0 bridgehead atoms. The highest BCUT2D eigenvalue weighted by Crippen LogP contribution is 2.33. The van der Waals surface area contributed by atoms with Crippen molar-refractivity contribution in [2.24, 2.45) is 5.92 Å². The quantitative estimate of drug-likeness (QED) is 0.556. The van der Waals surface area contributed by atoms with Crippen LogP contribution in [0.5, 0.6) is 0 Å². The molecular formula is C29H34N4O2. The van der Waals surface area contributed by atoms with Crippen molar-refractivity contribution in [3.63, 3.8) is 0 Å². The molecule has 1 unspecified atom stereocenters. The zero-order valence-electron chi connectivity index (χ0n) is 21.0. The first-order valence-corrected chi connectivity index (χ1v) is 12.8. The van der Waals surface area contributed by atoms with Gasteiger partial charge in [-0.3, -0.25) is 9.59 Å². The lowest BCUT2D eigenvalue weighted by Crippen LogP contribution is -2.51. The minimum Gasteiger partial charge on any atom is -0.353 e. The summed E-state index contributed by atoms with van der Waals surface area (Å²) in [4.78, 5) is 37.4. The summed E-state index contributed by atoms with van der Waals surface area (Å²) in [5.41, 5.74) is 5.60. The lowest BCUT2D eigenvalue weighted by atomic mass is 10.0. The Morgan fingerprint density at radius 2 is 1.66 bits per heavy atom. The average Bonchev–Trinajstić information content (AvgIpc) is 3.28. The van der Waals surface area contributed by atoms with Crippen LogP contribution in [-0.4, -0.2) is 54.4 Å². The Bertz CT molecular complexity index is 1240. The molecule has 182 valence electrons. The zero-order chi connectivity index (χ0) is 24.5. The number of carbonyl (C=O) groups is 2. The standard InChI is InChI=1S/C29H34N4O2/c1-4-21-9-8-10-22(5-2)28(21)33-19-23(18-27(33)34)29(35)32-15-13-31(14-16-32)26-17-20(3)24-11-6-7-12-25(24)30-26/h6-12,17,23H,4-5,13-16,18-19H2,1-3H3. The molecule has 0 saturated carbocycles. The number of anilines is 2. The van der Waals surface area contributed by atoms with Crippen LogP contribution in [0.1, 0.15) is 37.0 Å². The number of aromatic nitrogens is 1. The van der Waals surface area contributed by atoms with Gasteiger partial charge in [0.1, 0.15) is 5.82 Å². The number of para-hydroxylation sites is 2. The SMILES string of the molecule is CCc1cccc(CC)c1N1CC(C(=O)N2CCN(c3cc(C)c4ccccc4n3)CC2)CC1=O. The number of rotatable bonds is 5. The van der Waals surface area contributed by atoms with Crippen LogP contribution < -0.4 is 9.80 Å². The summed E-state index contributed by atoms with van der Waals surface area (Å²) in [7, 11) is 0. The molecule has 2 fully saturated rings. The van der Waals surface area contributed by atoms with E-state index in [1.54, 1.807) is 0 Å². The van der Waals surface area contributed by atoms with Crippen LogP contribution in [-0.2, 0) is 22.4 Å². The van der Waals surface area contributed by atoms with Crippen molar-refractivity contribution in [3.05, 3.63) is 65.2 Å². The molecule has 2 amide bonds. The molecule has 3 heterocycles. The molecule has 6 nitrogen and oxygen atoms in total. The van der Waals surface area contributed by atoms with E-state index in [9.17, 15) is 9.59 Å². The number of nitrogens with zero attached hydrogens (tertiary/aromatic N) is 4. The third-order valence-electron chi connectivity index (χ3n) is 7.53. The van der Waals surface area contributed by atoms with Gasteiger partial charge in [-0.1, -0.05) is 50.2 Å². The molecule has 35 heavy (non-hydrogen) atoms. The molecule has 2 aliphatic rings. The number of hydrogen-bond donors (Lipinski definition) is 0. The Morgan fingerprint density at radius 1 is 0.971 bits per heavy atom. The van der Waals surface area contributed by atoms with Crippen LogP contribution in [0.15, 0.2) is 48.5 Å². The Labute approximate surface area is 207 Å². The van der Waals surface area contributed by atoms with Gasteiger partial charge in [-0.15, -0.1) is 0 Å². The van der Waals surface area contributed by atoms with Crippen LogP contribution >= 0.6 is 0 Å². The van der Waals surface area contributed by atoms with Gasteiger partial charge >= 0.3 is 0 Å². The van der Waals surface area contributed by atoms with Crippen molar-refractivity contribution in [2.45, 2.75) is 40.0 Å². The van der Waals surface area contributed by atoms with Gasteiger partial charge < -0.3 is 14.7 Å². The maximum absolute atomic E-state index is 13.4. The summed E-state index contributed by atoms with van der Waals surface area (Å²) in [5, 5.41) is 1.18. The number of hydrogen-bond acceptors (Lipinski definition) is 4. The number of piperazine rings is 1. The van der Waals surface area contributed by atoms with E-state index in [4.69, 9.17) is 4.98 Å². The molecule has 5 rings (SSSR count). The third kappa shape index (κ3) is 4.38. The van der Waals surface area contributed by atoms with Gasteiger partial charge in [0.05, 0.1) is 11.4 Å². The van der Waals surface area contributed by atoms with Crippen molar-refractivity contribution >= 4 is 34.2 Å². The van der Waals surface area contributed by atoms with Crippen LogP contribution in [0.3, 0.4) is 0 Å². The number of pyridine rings is 1. The first-order valence-electron chi connectivity index (χ1n) is 12.8. The summed E-state index contributed by atoms with van der Waals surface area (Å²) in [5.74, 6) is 0.868. The fourth-order valence-electron chi connectivity index (χ4n) is 5.56.